The van der Waals surface area contributed by atoms with E-state index in [1.54, 1.807) is 7.11 Å². The van der Waals surface area contributed by atoms with Gasteiger partial charge < -0.3 is 15.2 Å². The molecule has 2 N–H and O–H groups in total. The van der Waals surface area contributed by atoms with Crippen molar-refractivity contribution in [3.05, 3.63) is 0 Å². The van der Waals surface area contributed by atoms with Crippen LogP contribution in [0.3, 0.4) is 0 Å². The summed E-state index contributed by atoms with van der Waals surface area (Å²) in [6.07, 6.45) is 0.542. The average Bonchev–Trinajstić information content (AvgIpc) is 2.01. The quantitative estimate of drug-likeness (QED) is 0.657. The largest absolute Gasteiger partial charge is 0.393 e. The molecule has 0 amide bonds. The minimum Gasteiger partial charge on any atom is -0.393 e. The second-order valence-corrected chi connectivity index (χ2v) is 4.46. The lowest BCUT2D eigenvalue weighted by atomic mass is 10.0. The smallest absolute Gasteiger partial charge is 0.0618 e. The molecule has 0 heterocycles. The Labute approximate surface area is 87.8 Å². The van der Waals surface area contributed by atoms with Crippen LogP contribution >= 0.6 is 0 Å². The Hall–Kier alpha value is -0.120. The molecule has 0 aliphatic heterocycles. The van der Waals surface area contributed by atoms with Crippen molar-refractivity contribution in [2.75, 3.05) is 13.7 Å². The number of ether oxygens (including phenoxy) is 1. The Balaban J connectivity index is 3.89. The zero-order valence-electron chi connectivity index (χ0n) is 10.1. The molecule has 86 valence electrons. The Kier molecular flexibility index (Phi) is 7.15. The van der Waals surface area contributed by atoms with E-state index in [1.165, 1.54) is 0 Å². The monoisotopic (exact) mass is 203 g/mol. The zero-order chi connectivity index (χ0) is 11.1. The summed E-state index contributed by atoms with van der Waals surface area (Å²) in [5.74, 6) is 0.548. The average molecular weight is 203 g/mol. The molecular formula is C11H25NO2. The number of rotatable bonds is 7. The van der Waals surface area contributed by atoms with Gasteiger partial charge in [-0.25, -0.2) is 0 Å². The highest BCUT2D eigenvalue weighted by molar-refractivity contribution is 4.75. The maximum atomic E-state index is 9.23. The third-order valence-corrected chi connectivity index (χ3v) is 2.34. The fraction of sp³-hybridized carbons (Fsp3) is 1.00. The summed E-state index contributed by atoms with van der Waals surface area (Å²) in [4.78, 5) is 0. The molecule has 0 bridgehead atoms. The van der Waals surface area contributed by atoms with Gasteiger partial charge >= 0.3 is 0 Å². The third kappa shape index (κ3) is 6.35. The molecule has 0 rings (SSSR count). The predicted molar refractivity (Wildman–Crippen MR) is 59.4 cm³/mol. The van der Waals surface area contributed by atoms with Crippen LogP contribution in [0.1, 0.15) is 34.1 Å². The molecule has 0 aliphatic rings. The predicted octanol–water partition coefficient (Wildman–Crippen LogP) is 1.41. The lowest BCUT2D eigenvalue weighted by Gasteiger charge is -2.26. The summed E-state index contributed by atoms with van der Waals surface area (Å²) in [5, 5.41) is 12.7. The van der Waals surface area contributed by atoms with Gasteiger partial charge in [0.25, 0.3) is 0 Å². The molecule has 3 nitrogen and oxygen atoms in total. The highest BCUT2D eigenvalue weighted by atomic mass is 16.5. The van der Waals surface area contributed by atoms with Gasteiger partial charge in [-0.1, -0.05) is 13.8 Å². The molecule has 0 spiro atoms. The first-order chi connectivity index (χ1) is 6.47. The number of aliphatic hydroxyl groups excluding tert-OH is 1. The summed E-state index contributed by atoms with van der Waals surface area (Å²) >= 11 is 0. The van der Waals surface area contributed by atoms with Gasteiger partial charge in [0.2, 0.25) is 0 Å². The SMILES string of the molecule is COCC(NC(C)CC(C)O)C(C)C. The Morgan fingerprint density at radius 3 is 2.14 bits per heavy atom. The first-order valence-corrected chi connectivity index (χ1v) is 5.40. The van der Waals surface area contributed by atoms with Crippen LogP contribution in [0.15, 0.2) is 0 Å². The van der Waals surface area contributed by atoms with E-state index in [4.69, 9.17) is 4.74 Å². The molecule has 0 saturated carbocycles. The van der Waals surface area contributed by atoms with Gasteiger partial charge in [0.15, 0.2) is 0 Å². The van der Waals surface area contributed by atoms with Gasteiger partial charge in [-0.2, -0.15) is 0 Å². The van der Waals surface area contributed by atoms with Crippen LogP contribution in [0.25, 0.3) is 0 Å². The molecule has 0 saturated heterocycles. The molecule has 0 aromatic heterocycles. The minimum absolute atomic E-state index is 0.243. The number of hydrogen-bond acceptors (Lipinski definition) is 3. The van der Waals surface area contributed by atoms with E-state index < -0.39 is 0 Å². The normalized spacial score (nSPS) is 18.2. The van der Waals surface area contributed by atoms with E-state index in [1.807, 2.05) is 6.92 Å². The number of nitrogens with one attached hydrogen (secondary N) is 1. The van der Waals surface area contributed by atoms with Crippen molar-refractivity contribution in [3.8, 4) is 0 Å². The molecular weight excluding hydrogens is 178 g/mol. The van der Waals surface area contributed by atoms with Crippen molar-refractivity contribution in [2.45, 2.75) is 52.3 Å². The van der Waals surface area contributed by atoms with Gasteiger partial charge in [-0.3, -0.25) is 0 Å². The fourth-order valence-corrected chi connectivity index (χ4v) is 1.56. The van der Waals surface area contributed by atoms with Crippen molar-refractivity contribution in [2.24, 2.45) is 5.92 Å². The Bertz CT molecular complexity index is 137. The fourth-order valence-electron chi connectivity index (χ4n) is 1.56. The first kappa shape index (κ1) is 13.9. The maximum absolute atomic E-state index is 9.23. The van der Waals surface area contributed by atoms with Crippen LogP contribution in [0, 0.1) is 5.92 Å². The van der Waals surface area contributed by atoms with Crippen LogP contribution in [0.5, 0.6) is 0 Å². The van der Waals surface area contributed by atoms with Crippen molar-refractivity contribution in [1.29, 1.82) is 0 Å². The first-order valence-electron chi connectivity index (χ1n) is 5.40. The molecule has 0 aromatic rings. The summed E-state index contributed by atoms with van der Waals surface area (Å²) < 4.78 is 5.15. The highest BCUT2D eigenvalue weighted by Crippen LogP contribution is 2.05. The summed E-state index contributed by atoms with van der Waals surface area (Å²) in [6.45, 7) is 8.98. The second kappa shape index (κ2) is 7.21. The van der Waals surface area contributed by atoms with Crippen LogP contribution in [-0.4, -0.2) is 37.0 Å². The molecule has 3 heteroatoms. The molecule has 0 radical (unpaired) electrons. The van der Waals surface area contributed by atoms with Crippen molar-refractivity contribution in [1.82, 2.24) is 5.32 Å². The molecule has 0 aliphatic carbocycles. The zero-order valence-corrected chi connectivity index (χ0v) is 10.1. The third-order valence-electron chi connectivity index (χ3n) is 2.34. The van der Waals surface area contributed by atoms with E-state index in [9.17, 15) is 5.11 Å². The van der Waals surface area contributed by atoms with Crippen molar-refractivity contribution >= 4 is 0 Å². The standard InChI is InChI=1S/C11H25NO2/c1-8(2)11(7-14-5)12-9(3)6-10(4)13/h8-13H,6-7H2,1-5H3. The molecule has 14 heavy (non-hydrogen) atoms. The van der Waals surface area contributed by atoms with Gasteiger partial charge in [0, 0.05) is 19.2 Å². The Morgan fingerprint density at radius 2 is 1.79 bits per heavy atom. The second-order valence-electron chi connectivity index (χ2n) is 4.46. The van der Waals surface area contributed by atoms with Gasteiger partial charge in [0.05, 0.1) is 12.7 Å². The highest BCUT2D eigenvalue weighted by Gasteiger charge is 2.16. The van der Waals surface area contributed by atoms with Gasteiger partial charge in [-0.15, -0.1) is 0 Å². The van der Waals surface area contributed by atoms with E-state index >= 15 is 0 Å². The minimum atomic E-state index is -0.243. The molecule has 0 aromatic carbocycles. The molecule has 3 unspecified atom stereocenters. The number of aliphatic hydroxyl groups is 1. The van der Waals surface area contributed by atoms with Gasteiger partial charge in [0.1, 0.15) is 0 Å². The topological polar surface area (TPSA) is 41.5 Å². The lowest BCUT2D eigenvalue weighted by molar-refractivity contribution is 0.127. The molecule has 0 fully saturated rings. The molecule has 3 atom stereocenters. The van der Waals surface area contributed by atoms with Crippen LogP contribution in [0.2, 0.25) is 0 Å². The number of hydrogen-bond donors (Lipinski definition) is 2. The van der Waals surface area contributed by atoms with Crippen molar-refractivity contribution in [3.63, 3.8) is 0 Å². The van der Waals surface area contributed by atoms with E-state index in [-0.39, 0.29) is 6.10 Å². The lowest BCUT2D eigenvalue weighted by Crippen LogP contribution is -2.43. The van der Waals surface area contributed by atoms with Crippen LogP contribution in [0.4, 0.5) is 0 Å². The van der Waals surface area contributed by atoms with E-state index in [0.29, 0.717) is 18.0 Å². The summed E-state index contributed by atoms with van der Waals surface area (Å²) in [5.41, 5.74) is 0. The van der Waals surface area contributed by atoms with E-state index in [2.05, 4.69) is 26.1 Å². The van der Waals surface area contributed by atoms with Crippen LogP contribution in [-0.2, 0) is 4.74 Å². The number of methoxy groups -OCH3 is 1. The maximum Gasteiger partial charge on any atom is 0.0618 e. The van der Waals surface area contributed by atoms with Crippen molar-refractivity contribution < 1.29 is 9.84 Å². The Morgan fingerprint density at radius 1 is 1.21 bits per heavy atom. The van der Waals surface area contributed by atoms with Gasteiger partial charge in [-0.05, 0) is 26.2 Å². The summed E-state index contributed by atoms with van der Waals surface area (Å²) in [7, 11) is 1.72. The van der Waals surface area contributed by atoms with Crippen LogP contribution < -0.4 is 5.32 Å². The summed E-state index contributed by atoms with van der Waals surface area (Å²) in [6, 6.07) is 0.700. The van der Waals surface area contributed by atoms with E-state index in [0.717, 1.165) is 13.0 Å².